The van der Waals surface area contributed by atoms with Crippen molar-refractivity contribution in [3.63, 3.8) is 0 Å². The molecular weight excluding hydrogens is 436 g/mol. The van der Waals surface area contributed by atoms with E-state index in [2.05, 4.69) is 11.9 Å². The van der Waals surface area contributed by atoms with E-state index in [1.165, 1.54) is 6.20 Å². The van der Waals surface area contributed by atoms with Gasteiger partial charge in [0, 0.05) is 35.9 Å². The molecule has 3 fully saturated rings. The number of rotatable bonds is 3. The maximum Gasteiger partial charge on any atom is 0.328 e. The first-order chi connectivity index (χ1) is 15.9. The molecule has 1 aromatic rings. The lowest BCUT2D eigenvalue weighted by Crippen LogP contribution is -2.61. The Morgan fingerprint density at radius 1 is 1.15 bits per heavy atom. The number of nitrogens with zero attached hydrogens (tertiary/aromatic N) is 1. The number of Topliss-reactive ketones (excluding diaryl/α,β-unsaturated/α-hetero) is 2. The second-order valence-electron chi connectivity index (χ2n) is 11.4. The monoisotopic (exact) mass is 468 g/mol. The average molecular weight is 469 g/mol. The molecule has 4 aliphatic carbocycles. The van der Waals surface area contributed by atoms with Crippen molar-refractivity contribution < 1.29 is 19.5 Å². The predicted molar refractivity (Wildman–Crippen MR) is 123 cm³/mol. The quantitative estimate of drug-likeness (QED) is 0.697. The minimum atomic E-state index is -1.72. The van der Waals surface area contributed by atoms with Crippen LogP contribution in [0.5, 0.6) is 0 Å². The second-order valence-corrected chi connectivity index (χ2v) is 11.4. The first kappa shape index (κ1) is 23.1. The third-order valence-corrected chi connectivity index (χ3v) is 9.77. The first-order valence-electron chi connectivity index (χ1n) is 12.2. The molecule has 4 aliphatic rings. The molecule has 2 N–H and O–H groups in total. The van der Waals surface area contributed by atoms with Crippen LogP contribution in [0.4, 0.5) is 0 Å². The van der Waals surface area contributed by atoms with Crippen LogP contribution in [-0.4, -0.2) is 37.6 Å². The number of hydrogen-bond donors (Lipinski definition) is 2. The van der Waals surface area contributed by atoms with Crippen molar-refractivity contribution in [2.45, 2.75) is 77.9 Å². The highest BCUT2D eigenvalue weighted by Gasteiger charge is 2.68. The number of fused-ring (bicyclic) bond motifs is 5. The molecular formula is C26H32N2O6. The topological polar surface area (TPSA) is 126 Å². The molecule has 6 atom stereocenters. The largest absolute Gasteiger partial charge is 0.381 e. The van der Waals surface area contributed by atoms with Gasteiger partial charge in [-0.2, -0.15) is 0 Å². The Bertz CT molecular complexity index is 1260. The minimum Gasteiger partial charge on any atom is -0.381 e. The van der Waals surface area contributed by atoms with Crippen LogP contribution in [0.2, 0.25) is 0 Å². The normalized spacial score (nSPS) is 39.2. The number of aromatic amines is 1. The summed E-state index contributed by atoms with van der Waals surface area (Å²) in [6.45, 7) is 5.16. The Kier molecular flexibility index (Phi) is 5.07. The van der Waals surface area contributed by atoms with Crippen LogP contribution in [0.3, 0.4) is 0 Å². The molecule has 34 heavy (non-hydrogen) atoms. The number of carbonyl (C=O) groups is 3. The molecule has 8 nitrogen and oxygen atoms in total. The number of H-pyrrole nitrogens is 1. The number of allylic oxidation sites excluding steroid dienone is 1. The van der Waals surface area contributed by atoms with Crippen molar-refractivity contribution in [2.24, 2.45) is 28.6 Å². The molecule has 0 radical (unpaired) electrons. The Balaban J connectivity index is 1.47. The second kappa shape index (κ2) is 7.44. The van der Waals surface area contributed by atoms with Gasteiger partial charge in [-0.15, -0.1) is 0 Å². The van der Waals surface area contributed by atoms with Gasteiger partial charge in [0.25, 0.3) is 5.56 Å². The molecule has 0 aliphatic heterocycles. The lowest BCUT2D eigenvalue weighted by atomic mass is 9.46. The summed E-state index contributed by atoms with van der Waals surface area (Å²) < 4.78 is 1.12. The van der Waals surface area contributed by atoms with Crippen molar-refractivity contribution >= 4 is 17.3 Å². The molecule has 3 saturated carbocycles. The minimum absolute atomic E-state index is 0.00851. The van der Waals surface area contributed by atoms with Crippen molar-refractivity contribution in [3.05, 3.63) is 44.2 Å². The van der Waals surface area contributed by atoms with E-state index in [4.69, 9.17) is 0 Å². The number of aromatic nitrogens is 2. The molecule has 0 unspecified atom stereocenters. The third kappa shape index (κ3) is 3.03. The molecule has 1 aromatic heterocycles. The van der Waals surface area contributed by atoms with Gasteiger partial charge >= 0.3 is 5.69 Å². The van der Waals surface area contributed by atoms with Crippen LogP contribution in [0.1, 0.15) is 64.4 Å². The fraction of sp³-hybridized carbons (Fsp3) is 0.654. The summed E-state index contributed by atoms with van der Waals surface area (Å²) in [5, 5.41) is 11.8. The van der Waals surface area contributed by atoms with Gasteiger partial charge in [0.2, 0.25) is 0 Å². The molecule has 5 rings (SSSR count). The van der Waals surface area contributed by atoms with Crippen LogP contribution < -0.4 is 11.2 Å². The number of aliphatic hydroxyl groups is 1. The molecule has 8 heteroatoms. The number of carbonyl (C=O) groups excluding carboxylic acids is 3. The van der Waals surface area contributed by atoms with Crippen LogP contribution in [0.15, 0.2) is 27.4 Å². The zero-order valence-corrected chi connectivity index (χ0v) is 20.0. The molecule has 1 heterocycles. The van der Waals surface area contributed by atoms with Crippen molar-refractivity contribution in [2.75, 3.05) is 0 Å². The van der Waals surface area contributed by atoms with E-state index < -0.39 is 28.0 Å². The maximum atomic E-state index is 13.7. The van der Waals surface area contributed by atoms with Crippen molar-refractivity contribution in [3.8, 4) is 0 Å². The number of nitrogens with one attached hydrogen (secondary N) is 1. The summed E-state index contributed by atoms with van der Waals surface area (Å²) in [4.78, 5) is 65.3. The molecule has 0 spiro atoms. The van der Waals surface area contributed by atoms with E-state index in [1.807, 2.05) is 6.92 Å². The highest BCUT2D eigenvalue weighted by molar-refractivity contribution is 5.94. The SMILES string of the molecule is Cc1cn(CC(=O)[C@]2(O)CC[C@H]3[C@@H]4CCC5=CC(=O)CC[C@]5(C)[C@H]4C(=O)C[C@@]32C)c(=O)[nH]c1=O. The lowest BCUT2D eigenvalue weighted by Gasteiger charge is -2.57. The highest BCUT2D eigenvalue weighted by atomic mass is 16.3. The Morgan fingerprint density at radius 3 is 2.62 bits per heavy atom. The molecule has 0 bridgehead atoms. The molecule has 0 amide bonds. The van der Waals surface area contributed by atoms with Gasteiger partial charge in [0.1, 0.15) is 11.4 Å². The zero-order valence-electron chi connectivity index (χ0n) is 20.0. The van der Waals surface area contributed by atoms with Crippen molar-refractivity contribution in [1.29, 1.82) is 0 Å². The van der Waals surface area contributed by atoms with E-state index in [0.29, 0.717) is 24.8 Å². The number of ketones is 3. The van der Waals surface area contributed by atoms with Crippen molar-refractivity contribution in [1.82, 2.24) is 9.55 Å². The molecule has 182 valence electrons. The van der Waals surface area contributed by atoms with E-state index in [0.717, 1.165) is 23.0 Å². The summed E-state index contributed by atoms with van der Waals surface area (Å²) in [6.07, 6.45) is 6.74. The average Bonchev–Trinajstić information content (AvgIpc) is 3.03. The third-order valence-electron chi connectivity index (χ3n) is 9.77. The van der Waals surface area contributed by atoms with E-state index in [-0.39, 0.29) is 54.1 Å². The van der Waals surface area contributed by atoms with Gasteiger partial charge in [-0.1, -0.05) is 19.4 Å². The van der Waals surface area contributed by atoms with Gasteiger partial charge in [-0.3, -0.25) is 28.7 Å². The van der Waals surface area contributed by atoms with Crippen LogP contribution in [-0.2, 0) is 20.9 Å². The summed E-state index contributed by atoms with van der Waals surface area (Å²) in [5.74, 6) is -0.427. The lowest BCUT2D eigenvalue weighted by molar-refractivity contribution is -0.169. The summed E-state index contributed by atoms with van der Waals surface area (Å²) >= 11 is 0. The predicted octanol–water partition coefficient (Wildman–Crippen LogP) is 1.86. The van der Waals surface area contributed by atoms with Crippen LogP contribution in [0, 0.1) is 35.5 Å². The molecule has 0 aromatic carbocycles. The summed E-state index contributed by atoms with van der Waals surface area (Å²) in [6, 6.07) is 0. The van der Waals surface area contributed by atoms with Crippen LogP contribution >= 0.6 is 0 Å². The van der Waals surface area contributed by atoms with Gasteiger partial charge in [0.05, 0.1) is 6.54 Å². The summed E-state index contributed by atoms with van der Waals surface area (Å²) in [7, 11) is 0. The maximum absolute atomic E-state index is 13.7. The zero-order chi connectivity index (χ0) is 24.6. The number of aryl methyl sites for hydroxylation is 1. The van der Waals surface area contributed by atoms with E-state index in [1.54, 1.807) is 13.0 Å². The van der Waals surface area contributed by atoms with Gasteiger partial charge in [-0.05, 0) is 62.4 Å². The van der Waals surface area contributed by atoms with Gasteiger partial charge in [0.15, 0.2) is 11.6 Å². The fourth-order valence-electron chi connectivity index (χ4n) is 7.87. The van der Waals surface area contributed by atoms with Gasteiger partial charge < -0.3 is 5.11 Å². The first-order valence-corrected chi connectivity index (χ1v) is 12.2. The fourth-order valence-corrected chi connectivity index (χ4v) is 7.87. The number of hydrogen-bond acceptors (Lipinski definition) is 6. The smallest absolute Gasteiger partial charge is 0.328 e. The standard InChI is InChI=1S/C26H32N2O6/c1-14-12-28(23(33)27-22(14)32)13-20(31)26(34)9-7-18-17-5-4-15-10-16(29)6-8-24(15,2)21(17)19(30)11-25(18,26)3/h10,12,17-18,21,34H,4-9,11,13H2,1-3H3,(H,27,32,33)/t17-,18-,21+,24-,25-,26+/m0/s1. The van der Waals surface area contributed by atoms with Gasteiger partial charge in [-0.25, -0.2) is 4.79 Å². The van der Waals surface area contributed by atoms with Crippen LogP contribution in [0.25, 0.3) is 0 Å². The highest BCUT2D eigenvalue weighted by Crippen LogP contribution is 2.66. The summed E-state index contributed by atoms with van der Waals surface area (Å²) in [5.41, 5.74) is -2.78. The van der Waals surface area contributed by atoms with E-state index in [9.17, 15) is 29.1 Å². The Labute approximate surface area is 197 Å². The Morgan fingerprint density at radius 2 is 1.88 bits per heavy atom. The molecule has 0 saturated heterocycles. The Hall–Kier alpha value is -2.61. The van der Waals surface area contributed by atoms with E-state index >= 15 is 0 Å².